The van der Waals surface area contributed by atoms with E-state index >= 15 is 0 Å². The van der Waals surface area contributed by atoms with Gasteiger partial charge in [-0.05, 0) is 25.0 Å². The van der Waals surface area contributed by atoms with Crippen LogP contribution in [-0.4, -0.2) is 32.7 Å². The first-order chi connectivity index (χ1) is 15.0. The topological polar surface area (TPSA) is 114 Å². The van der Waals surface area contributed by atoms with Crippen LogP contribution in [0.2, 0.25) is 0 Å². The van der Waals surface area contributed by atoms with Gasteiger partial charge in [0.2, 0.25) is 5.91 Å². The Balaban J connectivity index is 1.92. The van der Waals surface area contributed by atoms with Gasteiger partial charge in [-0.3, -0.25) is 24.1 Å². The molecule has 0 radical (unpaired) electrons. The molecule has 0 bridgehead atoms. The molecular formula is C22H27N5O3S. The van der Waals surface area contributed by atoms with E-state index < -0.39 is 11.2 Å². The summed E-state index contributed by atoms with van der Waals surface area (Å²) in [7, 11) is 0. The van der Waals surface area contributed by atoms with Crippen molar-refractivity contribution in [2.24, 2.45) is 0 Å². The number of aromatic amines is 1. The van der Waals surface area contributed by atoms with Crippen molar-refractivity contribution in [1.82, 2.24) is 14.5 Å². The first kappa shape index (κ1) is 22.6. The second-order valence-electron chi connectivity index (χ2n) is 7.16. The molecule has 164 valence electrons. The molecule has 3 rings (SSSR count). The molecule has 0 aliphatic rings. The molecule has 0 aliphatic heterocycles. The number of nitrogen functional groups attached to an aromatic ring is 1. The number of thioether (sulfide) groups is 1. The molecule has 0 atom stereocenters. The number of carbonyl (C=O) groups is 1. The Bertz CT molecular complexity index is 1180. The highest BCUT2D eigenvalue weighted by atomic mass is 32.2. The van der Waals surface area contributed by atoms with Gasteiger partial charge in [-0.15, -0.1) is 11.8 Å². The smallest absolute Gasteiger partial charge is 0.330 e. The number of H-pyrrole nitrogens is 1. The monoisotopic (exact) mass is 441 g/mol. The molecule has 0 unspecified atom stereocenters. The van der Waals surface area contributed by atoms with Crippen LogP contribution in [0.5, 0.6) is 0 Å². The molecule has 0 aliphatic carbocycles. The van der Waals surface area contributed by atoms with Gasteiger partial charge in [0.25, 0.3) is 5.56 Å². The molecule has 0 saturated heterocycles. The van der Waals surface area contributed by atoms with E-state index in [4.69, 9.17) is 5.73 Å². The third-order valence-corrected chi connectivity index (χ3v) is 5.99. The van der Waals surface area contributed by atoms with Crippen LogP contribution in [0.15, 0.2) is 51.0 Å². The Morgan fingerprint density at radius 3 is 2.71 bits per heavy atom. The highest BCUT2D eigenvalue weighted by molar-refractivity contribution is 8.00. The van der Waals surface area contributed by atoms with Gasteiger partial charge in [0.15, 0.2) is 5.69 Å². The zero-order valence-corrected chi connectivity index (χ0v) is 18.6. The standard InChI is InChI=1S/C22H27N5O3S/c1-3-5-13-26(19-20(23)27(12-4-2)22(30)25-21(19)29)18(28)14-31-17-10-11-24-16-9-7-6-8-15(16)17/h6-11H,3-5,12-14,23H2,1-2H3,(H,25,29,30). The first-order valence-corrected chi connectivity index (χ1v) is 11.4. The number of rotatable bonds is 9. The molecule has 3 aromatic rings. The number of hydrogen-bond acceptors (Lipinski definition) is 6. The Morgan fingerprint density at radius 2 is 1.97 bits per heavy atom. The van der Waals surface area contributed by atoms with Crippen molar-refractivity contribution in [1.29, 1.82) is 0 Å². The minimum absolute atomic E-state index is 0.0272. The fourth-order valence-corrected chi connectivity index (χ4v) is 4.29. The van der Waals surface area contributed by atoms with E-state index in [-0.39, 0.29) is 23.2 Å². The van der Waals surface area contributed by atoms with Gasteiger partial charge in [-0.2, -0.15) is 0 Å². The van der Waals surface area contributed by atoms with Gasteiger partial charge in [-0.1, -0.05) is 38.5 Å². The lowest BCUT2D eigenvalue weighted by atomic mass is 10.2. The van der Waals surface area contributed by atoms with Crippen LogP contribution in [0.25, 0.3) is 10.9 Å². The third-order valence-electron chi connectivity index (χ3n) is 4.93. The van der Waals surface area contributed by atoms with Crippen molar-refractivity contribution < 1.29 is 4.79 Å². The lowest BCUT2D eigenvalue weighted by molar-refractivity contribution is -0.116. The number of hydrogen-bond donors (Lipinski definition) is 2. The molecule has 0 saturated carbocycles. The van der Waals surface area contributed by atoms with E-state index in [2.05, 4.69) is 9.97 Å². The number of nitrogens with one attached hydrogen (secondary N) is 1. The lowest BCUT2D eigenvalue weighted by Gasteiger charge is -2.24. The number of carbonyl (C=O) groups excluding carboxylic acids is 1. The van der Waals surface area contributed by atoms with Crippen molar-refractivity contribution in [3.8, 4) is 0 Å². The Labute approximate surface area is 184 Å². The quantitative estimate of drug-likeness (QED) is 0.494. The van der Waals surface area contributed by atoms with Crippen LogP contribution in [0.3, 0.4) is 0 Å². The maximum Gasteiger partial charge on any atom is 0.330 e. The zero-order chi connectivity index (χ0) is 22.4. The normalized spacial score (nSPS) is 11.0. The number of pyridine rings is 1. The molecule has 1 aromatic carbocycles. The summed E-state index contributed by atoms with van der Waals surface area (Å²) in [5.41, 5.74) is 5.90. The second kappa shape index (κ2) is 10.3. The van der Waals surface area contributed by atoms with E-state index in [1.54, 1.807) is 6.20 Å². The Hall–Kier alpha value is -3.07. The zero-order valence-electron chi connectivity index (χ0n) is 17.8. The van der Waals surface area contributed by atoms with Crippen molar-refractivity contribution in [2.45, 2.75) is 44.6 Å². The number of benzene rings is 1. The van der Waals surface area contributed by atoms with Crippen LogP contribution >= 0.6 is 11.8 Å². The predicted octanol–water partition coefficient (Wildman–Crippen LogP) is 3.00. The van der Waals surface area contributed by atoms with E-state index in [1.165, 1.54) is 21.2 Å². The van der Waals surface area contributed by atoms with Gasteiger partial charge in [0.1, 0.15) is 5.82 Å². The summed E-state index contributed by atoms with van der Waals surface area (Å²) >= 11 is 1.39. The number of aromatic nitrogens is 3. The summed E-state index contributed by atoms with van der Waals surface area (Å²) in [5, 5.41) is 0.969. The van der Waals surface area contributed by atoms with Crippen LogP contribution in [0.4, 0.5) is 11.5 Å². The van der Waals surface area contributed by atoms with Gasteiger partial charge >= 0.3 is 5.69 Å². The summed E-state index contributed by atoms with van der Waals surface area (Å²) in [6.07, 6.45) is 3.94. The van der Waals surface area contributed by atoms with Crippen LogP contribution < -0.4 is 21.9 Å². The van der Waals surface area contributed by atoms with Gasteiger partial charge < -0.3 is 10.6 Å². The second-order valence-corrected chi connectivity index (χ2v) is 8.18. The minimum Gasteiger partial charge on any atom is -0.383 e. The molecule has 8 nitrogen and oxygen atoms in total. The molecule has 2 aromatic heterocycles. The van der Waals surface area contributed by atoms with Gasteiger partial charge in [0, 0.05) is 29.6 Å². The summed E-state index contributed by atoms with van der Waals surface area (Å²) < 4.78 is 1.31. The number of unbranched alkanes of at least 4 members (excludes halogenated alkanes) is 1. The SMILES string of the molecule is CCCCN(C(=O)CSc1ccnc2ccccc12)c1c(N)n(CCC)c(=O)[nH]c1=O. The van der Waals surface area contributed by atoms with Gasteiger partial charge in [0.05, 0.1) is 11.3 Å². The maximum atomic E-state index is 13.2. The fraction of sp³-hybridized carbons (Fsp3) is 0.364. The maximum absolute atomic E-state index is 13.2. The number of anilines is 2. The van der Waals surface area contributed by atoms with Gasteiger partial charge in [-0.25, -0.2) is 4.79 Å². The average Bonchev–Trinajstić information content (AvgIpc) is 2.77. The van der Waals surface area contributed by atoms with E-state index in [1.807, 2.05) is 44.2 Å². The number of fused-ring (bicyclic) bond motifs is 1. The molecule has 9 heteroatoms. The Morgan fingerprint density at radius 1 is 1.19 bits per heavy atom. The molecule has 0 fully saturated rings. The Kier molecular flexibility index (Phi) is 7.51. The molecule has 3 N–H and O–H groups in total. The van der Waals surface area contributed by atoms with E-state index in [0.29, 0.717) is 25.9 Å². The number of nitrogens with two attached hydrogens (primary N) is 1. The summed E-state index contributed by atoms with van der Waals surface area (Å²) in [4.78, 5) is 47.0. The van der Waals surface area contributed by atoms with Crippen molar-refractivity contribution in [3.05, 3.63) is 57.4 Å². The number of nitrogens with zero attached hydrogens (tertiary/aromatic N) is 3. The minimum atomic E-state index is -0.640. The molecule has 1 amide bonds. The largest absolute Gasteiger partial charge is 0.383 e. The molecular weight excluding hydrogens is 414 g/mol. The fourth-order valence-electron chi connectivity index (χ4n) is 3.37. The van der Waals surface area contributed by atoms with E-state index in [0.717, 1.165) is 22.2 Å². The van der Waals surface area contributed by atoms with Crippen molar-refractivity contribution in [3.63, 3.8) is 0 Å². The highest BCUT2D eigenvalue weighted by Gasteiger charge is 2.24. The van der Waals surface area contributed by atoms with Crippen LogP contribution in [0.1, 0.15) is 33.1 Å². The first-order valence-electron chi connectivity index (χ1n) is 10.4. The lowest BCUT2D eigenvalue weighted by Crippen LogP contribution is -2.42. The number of para-hydroxylation sites is 1. The summed E-state index contributed by atoms with van der Waals surface area (Å²) in [5.74, 6) is -0.0820. The van der Waals surface area contributed by atoms with E-state index in [9.17, 15) is 14.4 Å². The van der Waals surface area contributed by atoms with Crippen LogP contribution in [-0.2, 0) is 11.3 Å². The summed E-state index contributed by atoms with van der Waals surface area (Å²) in [6, 6.07) is 9.61. The summed E-state index contributed by atoms with van der Waals surface area (Å²) in [6.45, 7) is 4.63. The predicted molar refractivity (Wildman–Crippen MR) is 126 cm³/mol. The van der Waals surface area contributed by atoms with Crippen molar-refractivity contribution in [2.75, 3.05) is 22.9 Å². The average molecular weight is 442 g/mol. The highest BCUT2D eigenvalue weighted by Crippen LogP contribution is 2.27. The van der Waals surface area contributed by atoms with Crippen molar-refractivity contribution >= 4 is 40.1 Å². The molecule has 2 heterocycles. The molecule has 31 heavy (non-hydrogen) atoms. The third kappa shape index (κ3) is 4.99. The molecule has 0 spiro atoms. The number of amides is 1. The van der Waals surface area contributed by atoms with Crippen LogP contribution in [0, 0.1) is 0 Å².